The van der Waals surface area contributed by atoms with Crippen molar-refractivity contribution in [3.63, 3.8) is 0 Å². The van der Waals surface area contributed by atoms with E-state index >= 15 is 0 Å². The van der Waals surface area contributed by atoms with Gasteiger partial charge in [0.2, 0.25) is 0 Å². The minimum Gasteiger partial charge on any atom is -0.392 e. The lowest BCUT2D eigenvalue weighted by Gasteiger charge is -2.00. The van der Waals surface area contributed by atoms with Crippen LogP contribution in [0.4, 0.5) is 0 Å². The fourth-order valence-corrected chi connectivity index (χ4v) is 1.19. The van der Waals surface area contributed by atoms with E-state index in [1.165, 1.54) is 0 Å². The summed E-state index contributed by atoms with van der Waals surface area (Å²) in [5, 5.41) is 17.7. The van der Waals surface area contributed by atoms with E-state index in [0.717, 1.165) is 17.6 Å². The van der Waals surface area contributed by atoms with Gasteiger partial charge in [-0.25, -0.2) is 0 Å². The van der Waals surface area contributed by atoms with Crippen molar-refractivity contribution in [1.29, 1.82) is 5.26 Å². The molecule has 0 amide bonds. The molecule has 0 fully saturated rings. The van der Waals surface area contributed by atoms with E-state index in [0.29, 0.717) is 5.56 Å². The van der Waals surface area contributed by atoms with E-state index in [9.17, 15) is 0 Å². The highest BCUT2D eigenvalue weighted by Gasteiger charge is 1.94. The molecule has 0 aliphatic rings. The van der Waals surface area contributed by atoms with E-state index in [-0.39, 0.29) is 6.61 Å². The third kappa shape index (κ3) is 2.72. The molecule has 0 spiro atoms. The topological polar surface area (TPSA) is 44.0 Å². The number of nitriles is 1. The van der Waals surface area contributed by atoms with Gasteiger partial charge in [0.1, 0.15) is 0 Å². The van der Waals surface area contributed by atoms with Crippen molar-refractivity contribution in [1.82, 2.24) is 0 Å². The molecule has 72 valence electrons. The van der Waals surface area contributed by atoms with E-state index < -0.39 is 0 Å². The summed E-state index contributed by atoms with van der Waals surface area (Å²) in [6, 6.07) is 9.43. The third-order valence-electron chi connectivity index (χ3n) is 2.04. The molecule has 1 aromatic carbocycles. The van der Waals surface area contributed by atoms with Gasteiger partial charge >= 0.3 is 0 Å². The third-order valence-corrected chi connectivity index (χ3v) is 2.04. The Morgan fingerprint density at radius 3 is 2.93 bits per heavy atom. The lowest BCUT2D eigenvalue weighted by atomic mass is 10.1. The highest BCUT2D eigenvalue weighted by Crippen LogP contribution is 2.10. The molecule has 0 aromatic heterocycles. The van der Waals surface area contributed by atoms with E-state index in [2.05, 4.69) is 6.07 Å². The summed E-state index contributed by atoms with van der Waals surface area (Å²) in [6.45, 7) is 2.07. The molecule has 0 aliphatic carbocycles. The molecule has 14 heavy (non-hydrogen) atoms. The molecule has 0 saturated carbocycles. The summed E-state index contributed by atoms with van der Waals surface area (Å²) in [7, 11) is 0. The van der Waals surface area contributed by atoms with Gasteiger partial charge in [0.05, 0.1) is 18.2 Å². The molecular formula is C12H13NO. The number of hydrogen-bond acceptors (Lipinski definition) is 2. The summed E-state index contributed by atoms with van der Waals surface area (Å²) < 4.78 is 0. The van der Waals surface area contributed by atoms with Crippen molar-refractivity contribution < 1.29 is 5.11 Å². The van der Waals surface area contributed by atoms with Gasteiger partial charge in [0.25, 0.3) is 0 Å². The number of rotatable bonds is 3. The first-order valence-electron chi connectivity index (χ1n) is 4.60. The van der Waals surface area contributed by atoms with Crippen LogP contribution < -0.4 is 0 Å². The van der Waals surface area contributed by atoms with Crippen molar-refractivity contribution >= 4 is 6.08 Å². The Bertz CT molecular complexity index is 368. The second-order valence-electron chi connectivity index (χ2n) is 3.05. The molecule has 2 heteroatoms. The van der Waals surface area contributed by atoms with Gasteiger partial charge in [-0.3, -0.25) is 0 Å². The first-order chi connectivity index (χ1) is 6.80. The van der Waals surface area contributed by atoms with Crippen LogP contribution in [-0.2, 0) is 0 Å². The molecule has 0 radical (unpaired) electrons. The normalized spacial score (nSPS) is 11.1. The van der Waals surface area contributed by atoms with Crippen LogP contribution in [0.25, 0.3) is 6.08 Å². The van der Waals surface area contributed by atoms with Crippen LogP contribution in [0.1, 0.15) is 24.5 Å². The monoisotopic (exact) mass is 187 g/mol. The number of nitrogens with zero attached hydrogens (tertiary/aromatic N) is 1. The molecule has 0 bridgehead atoms. The molecule has 0 atom stereocenters. The summed E-state index contributed by atoms with van der Waals surface area (Å²) in [4.78, 5) is 0. The average Bonchev–Trinajstić information content (AvgIpc) is 2.26. The lowest BCUT2D eigenvalue weighted by molar-refractivity contribution is 0.329. The van der Waals surface area contributed by atoms with Crippen molar-refractivity contribution in [2.45, 2.75) is 13.3 Å². The van der Waals surface area contributed by atoms with Crippen LogP contribution in [-0.4, -0.2) is 11.7 Å². The summed E-state index contributed by atoms with van der Waals surface area (Å²) in [5.41, 5.74) is 2.59. The minimum atomic E-state index is 0.0767. The predicted molar refractivity (Wildman–Crippen MR) is 56.5 cm³/mol. The first-order valence-corrected chi connectivity index (χ1v) is 4.60. The quantitative estimate of drug-likeness (QED) is 0.789. The molecule has 1 rings (SSSR count). The Labute approximate surface area is 84.1 Å². The summed E-state index contributed by atoms with van der Waals surface area (Å²) in [6.07, 6.45) is 2.74. The van der Waals surface area contributed by atoms with Crippen LogP contribution >= 0.6 is 0 Å². The Hall–Kier alpha value is -1.59. The summed E-state index contributed by atoms with van der Waals surface area (Å²) in [5.74, 6) is 0. The van der Waals surface area contributed by atoms with Gasteiger partial charge in [0.15, 0.2) is 0 Å². The van der Waals surface area contributed by atoms with Gasteiger partial charge in [0, 0.05) is 0 Å². The molecular weight excluding hydrogens is 174 g/mol. The van der Waals surface area contributed by atoms with Gasteiger partial charge in [-0.1, -0.05) is 25.1 Å². The molecule has 2 nitrogen and oxygen atoms in total. The van der Waals surface area contributed by atoms with Crippen LogP contribution in [0, 0.1) is 11.3 Å². The smallest absolute Gasteiger partial charge is 0.0991 e. The van der Waals surface area contributed by atoms with Crippen LogP contribution in [0.5, 0.6) is 0 Å². The first kappa shape index (κ1) is 10.5. The number of benzene rings is 1. The van der Waals surface area contributed by atoms with Crippen molar-refractivity contribution in [2.24, 2.45) is 0 Å². The second kappa shape index (κ2) is 5.21. The van der Waals surface area contributed by atoms with E-state index in [1.807, 2.05) is 31.2 Å². The van der Waals surface area contributed by atoms with E-state index in [1.54, 1.807) is 6.07 Å². The maximum atomic E-state index is 8.98. The zero-order valence-corrected chi connectivity index (χ0v) is 8.20. The van der Waals surface area contributed by atoms with Crippen molar-refractivity contribution in [3.8, 4) is 6.07 Å². The van der Waals surface area contributed by atoms with Crippen LogP contribution in [0.2, 0.25) is 0 Å². The Morgan fingerprint density at radius 2 is 2.36 bits per heavy atom. The Morgan fingerprint density at radius 1 is 1.57 bits per heavy atom. The predicted octanol–water partition coefficient (Wildman–Crippen LogP) is 2.34. The molecule has 1 aromatic rings. The van der Waals surface area contributed by atoms with Crippen LogP contribution in [0.15, 0.2) is 29.8 Å². The van der Waals surface area contributed by atoms with Gasteiger partial charge in [-0.15, -0.1) is 0 Å². The second-order valence-corrected chi connectivity index (χ2v) is 3.05. The Balaban J connectivity index is 2.97. The zero-order chi connectivity index (χ0) is 10.4. The van der Waals surface area contributed by atoms with Crippen molar-refractivity contribution in [2.75, 3.05) is 6.61 Å². The Kier molecular flexibility index (Phi) is 3.90. The number of aliphatic hydroxyl groups is 1. The largest absolute Gasteiger partial charge is 0.392 e. The molecule has 0 heterocycles. The molecule has 1 N–H and O–H groups in total. The fraction of sp³-hybridized carbons (Fsp3) is 0.250. The summed E-state index contributed by atoms with van der Waals surface area (Å²) >= 11 is 0. The van der Waals surface area contributed by atoms with Crippen molar-refractivity contribution in [3.05, 3.63) is 41.0 Å². The van der Waals surface area contributed by atoms with Gasteiger partial charge in [-0.2, -0.15) is 5.26 Å². The SMILES string of the molecule is CC/C(=C/c1cccc(C#N)c1)CO. The van der Waals surface area contributed by atoms with Gasteiger partial charge in [-0.05, 0) is 29.7 Å². The highest BCUT2D eigenvalue weighted by molar-refractivity contribution is 5.55. The minimum absolute atomic E-state index is 0.0767. The maximum absolute atomic E-state index is 8.98. The fourth-order valence-electron chi connectivity index (χ4n) is 1.19. The standard InChI is InChI=1S/C12H13NO/c1-2-10(9-14)6-11-4-3-5-12(7-11)8-13/h3-7,14H,2,9H2,1H3/b10-6-. The average molecular weight is 187 g/mol. The van der Waals surface area contributed by atoms with Crippen LogP contribution in [0.3, 0.4) is 0 Å². The molecule has 0 aliphatic heterocycles. The molecule has 0 saturated heterocycles. The zero-order valence-electron chi connectivity index (χ0n) is 8.20. The number of hydrogen-bond donors (Lipinski definition) is 1. The lowest BCUT2D eigenvalue weighted by Crippen LogP contribution is -1.88. The maximum Gasteiger partial charge on any atom is 0.0991 e. The molecule has 0 unspecified atom stereocenters. The number of aliphatic hydroxyl groups excluding tert-OH is 1. The highest BCUT2D eigenvalue weighted by atomic mass is 16.3. The van der Waals surface area contributed by atoms with Gasteiger partial charge < -0.3 is 5.11 Å². The van der Waals surface area contributed by atoms with E-state index in [4.69, 9.17) is 10.4 Å².